The molecule has 0 saturated heterocycles. The minimum Gasteiger partial charge on any atom is -0.397 e. The molecule has 0 bridgehead atoms. The molecule has 3 N–H and O–H groups in total. The second kappa shape index (κ2) is 4.00. The van der Waals surface area contributed by atoms with Crippen LogP contribution >= 0.6 is 0 Å². The normalized spacial score (nSPS) is 10.2. The molecule has 0 atom stereocenters. The summed E-state index contributed by atoms with van der Waals surface area (Å²) in [5.74, 6) is 1.55. The maximum atomic E-state index is 5.66. The van der Waals surface area contributed by atoms with Gasteiger partial charge in [0.1, 0.15) is 5.82 Å². The first kappa shape index (κ1) is 9.51. The van der Waals surface area contributed by atoms with E-state index in [1.54, 1.807) is 12.3 Å². The van der Waals surface area contributed by atoms with Crippen LogP contribution in [-0.4, -0.2) is 10.1 Å². The van der Waals surface area contributed by atoms with E-state index in [9.17, 15) is 0 Å². The Morgan fingerprint density at radius 3 is 2.93 bits per heavy atom. The number of anilines is 2. The summed E-state index contributed by atoms with van der Waals surface area (Å²) in [6.07, 6.45) is 1.61. The molecule has 5 nitrogen and oxygen atoms in total. The molecule has 0 fully saturated rings. The molecular formula is C10H12N4O. The van der Waals surface area contributed by atoms with Crippen molar-refractivity contribution in [3.05, 3.63) is 35.9 Å². The Kier molecular flexibility index (Phi) is 2.53. The van der Waals surface area contributed by atoms with Gasteiger partial charge in [0.2, 0.25) is 0 Å². The van der Waals surface area contributed by atoms with Gasteiger partial charge in [0.05, 0.1) is 24.1 Å². The van der Waals surface area contributed by atoms with Crippen LogP contribution in [-0.2, 0) is 6.54 Å². The van der Waals surface area contributed by atoms with Gasteiger partial charge in [-0.1, -0.05) is 5.16 Å². The molecule has 0 aliphatic rings. The van der Waals surface area contributed by atoms with Crippen LogP contribution < -0.4 is 11.1 Å². The largest absolute Gasteiger partial charge is 0.397 e. The van der Waals surface area contributed by atoms with Crippen LogP contribution in [0.2, 0.25) is 0 Å². The predicted molar refractivity (Wildman–Crippen MR) is 57.2 cm³/mol. The summed E-state index contributed by atoms with van der Waals surface area (Å²) in [5, 5.41) is 6.73. The standard InChI is InChI=1S/C10H12N4O/c1-7-9(11)2-3-10(14-7)12-6-8-4-5-13-15-8/h2-5H,6,11H2,1H3,(H,12,14). The van der Waals surface area contributed by atoms with E-state index in [1.165, 1.54) is 0 Å². The van der Waals surface area contributed by atoms with Crippen molar-refractivity contribution in [3.8, 4) is 0 Å². The highest BCUT2D eigenvalue weighted by molar-refractivity contribution is 5.49. The van der Waals surface area contributed by atoms with Gasteiger partial charge in [-0.15, -0.1) is 0 Å². The Hall–Kier alpha value is -2.04. The molecule has 2 rings (SSSR count). The highest BCUT2D eigenvalue weighted by atomic mass is 16.5. The van der Waals surface area contributed by atoms with Gasteiger partial charge in [-0.05, 0) is 19.1 Å². The van der Waals surface area contributed by atoms with E-state index >= 15 is 0 Å². The van der Waals surface area contributed by atoms with Gasteiger partial charge in [-0.2, -0.15) is 0 Å². The molecule has 0 saturated carbocycles. The Balaban J connectivity index is 2.02. The summed E-state index contributed by atoms with van der Waals surface area (Å²) in [6.45, 7) is 2.44. The van der Waals surface area contributed by atoms with Crippen LogP contribution in [0.5, 0.6) is 0 Å². The summed E-state index contributed by atoms with van der Waals surface area (Å²) in [7, 11) is 0. The zero-order valence-electron chi connectivity index (χ0n) is 8.40. The third-order valence-corrected chi connectivity index (χ3v) is 2.06. The van der Waals surface area contributed by atoms with Crippen molar-refractivity contribution in [2.75, 3.05) is 11.1 Å². The van der Waals surface area contributed by atoms with Gasteiger partial charge in [-0.3, -0.25) is 0 Å². The van der Waals surface area contributed by atoms with E-state index in [1.807, 2.05) is 19.1 Å². The van der Waals surface area contributed by atoms with Crippen molar-refractivity contribution >= 4 is 11.5 Å². The van der Waals surface area contributed by atoms with Crippen LogP contribution in [0.4, 0.5) is 11.5 Å². The molecule has 0 aliphatic heterocycles. The van der Waals surface area contributed by atoms with E-state index in [2.05, 4.69) is 15.5 Å². The summed E-state index contributed by atoms with van der Waals surface area (Å²) in [5.41, 5.74) is 7.17. The number of nitrogens with zero attached hydrogens (tertiary/aromatic N) is 2. The zero-order chi connectivity index (χ0) is 10.7. The average Bonchev–Trinajstić information content (AvgIpc) is 2.73. The highest BCUT2D eigenvalue weighted by Crippen LogP contribution is 2.12. The average molecular weight is 204 g/mol. The van der Waals surface area contributed by atoms with Gasteiger partial charge in [0, 0.05) is 6.07 Å². The zero-order valence-corrected chi connectivity index (χ0v) is 8.40. The molecule has 0 radical (unpaired) electrons. The van der Waals surface area contributed by atoms with Crippen LogP contribution in [0, 0.1) is 6.92 Å². The molecule has 0 unspecified atom stereocenters. The van der Waals surface area contributed by atoms with Crippen LogP contribution in [0.25, 0.3) is 0 Å². The Labute approximate surface area is 87.3 Å². The molecule has 5 heteroatoms. The quantitative estimate of drug-likeness (QED) is 0.793. The Bertz CT molecular complexity index is 439. The first-order valence-corrected chi connectivity index (χ1v) is 4.62. The predicted octanol–water partition coefficient (Wildman–Crippen LogP) is 1.57. The minimum atomic E-state index is 0.566. The summed E-state index contributed by atoms with van der Waals surface area (Å²) in [6, 6.07) is 5.46. The number of hydrogen-bond acceptors (Lipinski definition) is 5. The van der Waals surface area contributed by atoms with Crippen LogP contribution in [0.3, 0.4) is 0 Å². The monoisotopic (exact) mass is 204 g/mol. The Morgan fingerprint density at radius 1 is 1.40 bits per heavy atom. The van der Waals surface area contributed by atoms with Gasteiger partial charge in [0.25, 0.3) is 0 Å². The van der Waals surface area contributed by atoms with Crippen molar-refractivity contribution in [2.24, 2.45) is 0 Å². The number of aromatic nitrogens is 2. The van der Waals surface area contributed by atoms with E-state index < -0.39 is 0 Å². The number of nitrogen functional groups attached to an aromatic ring is 1. The third-order valence-electron chi connectivity index (χ3n) is 2.06. The first-order valence-electron chi connectivity index (χ1n) is 4.62. The second-order valence-corrected chi connectivity index (χ2v) is 3.20. The molecule has 2 aromatic rings. The number of aryl methyl sites for hydroxylation is 1. The number of nitrogens with one attached hydrogen (secondary N) is 1. The number of nitrogens with two attached hydrogens (primary N) is 1. The topological polar surface area (TPSA) is 77.0 Å². The third kappa shape index (κ3) is 2.25. The maximum Gasteiger partial charge on any atom is 0.155 e. The van der Waals surface area contributed by atoms with E-state index in [4.69, 9.17) is 10.3 Å². The van der Waals surface area contributed by atoms with Gasteiger partial charge >= 0.3 is 0 Å². The van der Waals surface area contributed by atoms with Gasteiger partial charge < -0.3 is 15.6 Å². The molecule has 78 valence electrons. The number of hydrogen-bond donors (Lipinski definition) is 2. The molecule has 15 heavy (non-hydrogen) atoms. The summed E-state index contributed by atoms with van der Waals surface area (Å²) >= 11 is 0. The summed E-state index contributed by atoms with van der Waals surface area (Å²) in [4.78, 5) is 4.27. The molecular weight excluding hydrogens is 192 g/mol. The van der Waals surface area contributed by atoms with Gasteiger partial charge in [0.15, 0.2) is 5.76 Å². The molecule has 0 aliphatic carbocycles. The second-order valence-electron chi connectivity index (χ2n) is 3.20. The molecule has 0 amide bonds. The van der Waals surface area contributed by atoms with Crippen molar-refractivity contribution in [2.45, 2.75) is 13.5 Å². The lowest BCUT2D eigenvalue weighted by Gasteiger charge is -2.05. The smallest absolute Gasteiger partial charge is 0.155 e. The number of pyridine rings is 1. The molecule has 2 aromatic heterocycles. The van der Waals surface area contributed by atoms with Crippen molar-refractivity contribution in [3.63, 3.8) is 0 Å². The lowest BCUT2D eigenvalue weighted by Crippen LogP contribution is -2.02. The molecule has 2 heterocycles. The SMILES string of the molecule is Cc1nc(NCc2ccno2)ccc1N. The summed E-state index contributed by atoms with van der Waals surface area (Å²) < 4.78 is 4.94. The lowest BCUT2D eigenvalue weighted by molar-refractivity contribution is 0.388. The minimum absolute atomic E-state index is 0.566. The molecule has 0 aromatic carbocycles. The van der Waals surface area contributed by atoms with Crippen LogP contribution in [0.1, 0.15) is 11.5 Å². The lowest BCUT2D eigenvalue weighted by atomic mass is 10.3. The molecule has 0 spiro atoms. The van der Waals surface area contributed by atoms with Gasteiger partial charge in [-0.25, -0.2) is 4.98 Å². The number of rotatable bonds is 3. The van der Waals surface area contributed by atoms with E-state index in [-0.39, 0.29) is 0 Å². The fourth-order valence-corrected chi connectivity index (χ4v) is 1.18. The van der Waals surface area contributed by atoms with Crippen molar-refractivity contribution in [1.82, 2.24) is 10.1 Å². The first-order chi connectivity index (χ1) is 7.25. The van der Waals surface area contributed by atoms with Crippen molar-refractivity contribution in [1.29, 1.82) is 0 Å². The van der Waals surface area contributed by atoms with Crippen LogP contribution in [0.15, 0.2) is 28.9 Å². The maximum absolute atomic E-state index is 5.66. The van der Waals surface area contributed by atoms with E-state index in [0.29, 0.717) is 12.2 Å². The Morgan fingerprint density at radius 2 is 2.27 bits per heavy atom. The van der Waals surface area contributed by atoms with Crippen molar-refractivity contribution < 1.29 is 4.52 Å². The van der Waals surface area contributed by atoms with E-state index in [0.717, 1.165) is 17.3 Å². The highest BCUT2D eigenvalue weighted by Gasteiger charge is 2.00. The fraction of sp³-hybridized carbons (Fsp3) is 0.200. The fourth-order valence-electron chi connectivity index (χ4n) is 1.18.